The highest BCUT2D eigenvalue weighted by molar-refractivity contribution is 8.00. The highest BCUT2D eigenvalue weighted by atomic mass is 32.2. The van der Waals surface area contributed by atoms with Crippen LogP contribution in [-0.4, -0.2) is 102 Å². The number of hydrogen-bond acceptors (Lipinski definition) is 11. The molecule has 0 saturated carbocycles. The first-order valence-corrected chi connectivity index (χ1v) is 12.1. The molecule has 0 aliphatic rings. The first-order valence-electron chi connectivity index (χ1n) is 10.9. The average molecular weight is 548 g/mol. The summed E-state index contributed by atoms with van der Waals surface area (Å²) < 4.78 is 0. The summed E-state index contributed by atoms with van der Waals surface area (Å²) in [6, 6.07) is -3.36. The van der Waals surface area contributed by atoms with Gasteiger partial charge in [0, 0.05) is 18.6 Å². The van der Waals surface area contributed by atoms with Crippen LogP contribution in [0.1, 0.15) is 26.2 Å². The average Bonchev–Trinajstić information content (AvgIpc) is 2.79. The second-order valence-corrected chi connectivity index (χ2v) is 9.01. The molecular formula is C21H37N7O8S. The number of rotatable bonds is 17. The predicted octanol–water partition coefficient (Wildman–Crippen LogP) is -3.86. The van der Waals surface area contributed by atoms with Crippen molar-refractivity contribution >= 4 is 47.7 Å². The van der Waals surface area contributed by atoms with E-state index < -0.39 is 60.0 Å². The van der Waals surface area contributed by atoms with E-state index in [4.69, 9.17) is 33.8 Å². The maximum Gasteiger partial charge on any atom is 0.322 e. The van der Waals surface area contributed by atoms with Crippen LogP contribution in [0, 0.1) is 12.3 Å². The van der Waals surface area contributed by atoms with Gasteiger partial charge in [-0.15, -0.1) is 18.2 Å². The Labute approximate surface area is 219 Å². The van der Waals surface area contributed by atoms with Crippen molar-refractivity contribution in [3.63, 3.8) is 0 Å². The Morgan fingerprint density at radius 1 is 1.14 bits per heavy atom. The number of amides is 3. The fourth-order valence-corrected chi connectivity index (χ4v) is 3.23. The van der Waals surface area contributed by atoms with Gasteiger partial charge in [-0.1, -0.05) is 5.92 Å². The summed E-state index contributed by atoms with van der Waals surface area (Å²) >= 11 is 0.942. The van der Waals surface area contributed by atoms with E-state index in [0.29, 0.717) is 12.8 Å². The molecule has 210 valence electrons. The van der Waals surface area contributed by atoms with Gasteiger partial charge in [0.25, 0.3) is 0 Å². The number of carbonyl (C=O) groups excluding carboxylic acids is 4. The van der Waals surface area contributed by atoms with Crippen LogP contribution in [0.3, 0.4) is 0 Å². The number of aldehydes is 1. The van der Waals surface area contributed by atoms with Gasteiger partial charge in [0.1, 0.15) is 24.9 Å². The maximum absolute atomic E-state index is 12.2. The summed E-state index contributed by atoms with van der Waals surface area (Å²) in [6.07, 6.45) is 4.87. The Balaban J connectivity index is 0. The van der Waals surface area contributed by atoms with Gasteiger partial charge in [0.05, 0.1) is 24.0 Å². The van der Waals surface area contributed by atoms with Crippen molar-refractivity contribution in [2.45, 2.75) is 50.0 Å². The van der Waals surface area contributed by atoms with E-state index in [2.05, 4.69) is 27.2 Å². The third-order valence-electron chi connectivity index (χ3n) is 4.03. The molecule has 0 fully saturated rings. The molecule has 12 N–H and O–H groups in total. The Morgan fingerprint density at radius 2 is 1.76 bits per heavy atom. The van der Waals surface area contributed by atoms with E-state index in [-0.39, 0.29) is 30.8 Å². The van der Waals surface area contributed by atoms with Crippen molar-refractivity contribution in [1.29, 1.82) is 0 Å². The van der Waals surface area contributed by atoms with Gasteiger partial charge in [-0.25, -0.2) is 0 Å². The van der Waals surface area contributed by atoms with Crippen LogP contribution < -0.4 is 38.5 Å². The molecule has 0 aromatic carbocycles. The van der Waals surface area contributed by atoms with Gasteiger partial charge >= 0.3 is 11.9 Å². The summed E-state index contributed by atoms with van der Waals surface area (Å²) in [5.41, 5.74) is 15.4. The second kappa shape index (κ2) is 19.9. The van der Waals surface area contributed by atoms with Crippen molar-refractivity contribution in [1.82, 2.24) is 21.3 Å². The maximum atomic E-state index is 12.2. The number of carbonyl (C=O) groups is 6. The quantitative estimate of drug-likeness (QED) is 0.0480. The number of nitrogens with one attached hydrogen (secondary N) is 4. The van der Waals surface area contributed by atoms with Gasteiger partial charge < -0.3 is 53.5 Å². The number of terminal acetylenes is 1. The molecule has 0 rings (SSSR count). The van der Waals surface area contributed by atoms with Crippen LogP contribution in [0.4, 0.5) is 0 Å². The van der Waals surface area contributed by atoms with Crippen LogP contribution in [0.25, 0.3) is 0 Å². The van der Waals surface area contributed by atoms with E-state index in [1.165, 1.54) is 6.92 Å². The van der Waals surface area contributed by atoms with Crippen molar-refractivity contribution < 1.29 is 39.0 Å². The predicted molar refractivity (Wildman–Crippen MR) is 137 cm³/mol. The molecule has 3 unspecified atom stereocenters. The molecule has 0 bridgehead atoms. The van der Waals surface area contributed by atoms with Crippen molar-refractivity contribution in [3.05, 3.63) is 0 Å². The van der Waals surface area contributed by atoms with Crippen LogP contribution in [0.2, 0.25) is 0 Å². The topological polar surface area (TPSA) is 269 Å². The van der Waals surface area contributed by atoms with E-state index in [0.717, 1.165) is 11.8 Å². The molecule has 0 aromatic heterocycles. The monoisotopic (exact) mass is 547 g/mol. The van der Waals surface area contributed by atoms with E-state index >= 15 is 0 Å². The Kier molecular flexibility index (Phi) is 19.3. The summed E-state index contributed by atoms with van der Waals surface area (Å²) in [5, 5.41) is 27.1. The summed E-state index contributed by atoms with van der Waals surface area (Å²) in [6.45, 7) is 1.47. The first-order chi connectivity index (χ1) is 17.2. The Hall–Kier alpha value is -3.23. The molecule has 37 heavy (non-hydrogen) atoms. The molecule has 3 amide bonds. The Morgan fingerprint density at radius 3 is 2.19 bits per heavy atom. The SMILES string of the molecule is C#CCNC.CC(N)(N)CC(C=O)NC(=O)CSCC(NC(=O)CCC(N)C(=O)O)C(=O)NCC(=O)O. The number of carboxylic acids is 2. The molecule has 16 heteroatoms. The lowest BCUT2D eigenvalue weighted by Crippen LogP contribution is -2.52. The molecule has 3 atom stereocenters. The lowest BCUT2D eigenvalue weighted by atomic mass is 10.1. The molecule has 0 radical (unpaired) electrons. The fourth-order valence-electron chi connectivity index (χ4n) is 2.37. The number of thioether (sulfide) groups is 1. The fraction of sp³-hybridized carbons (Fsp3) is 0.619. The molecule has 0 spiro atoms. The zero-order valence-corrected chi connectivity index (χ0v) is 21.6. The Bertz CT molecular complexity index is 814. The standard InChI is InChI=1S/C17H30N6O8S.C4H7N/c1-17(19,20)4-9(6-24)22-13(26)8-32-7-11(15(29)21-5-14(27)28)23-12(25)3-2-10(18)16(30)31;1-3-4-5-2/h6,9-11H,2-5,7-8,18-20H2,1H3,(H,21,29)(H,22,26)(H,23,25)(H,27,28)(H,30,31);1,5H,4H2,2H3. The molecule has 0 saturated heterocycles. The first kappa shape index (κ1) is 35.9. The largest absolute Gasteiger partial charge is 0.480 e. The number of hydrogen-bond donors (Lipinski definition) is 9. The van der Waals surface area contributed by atoms with Gasteiger partial charge in [-0.2, -0.15) is 0 Å². The highest BCUT2D eigenvalue weighted by Crippen LogP contribution is 2.06. The number of aliphatic carboxylic acids is 2. The zero-order chi connectivity index (χ0) is 29.0. The molecule has 0 aliphatic carbocycles. The summed E-state index contributed by atoms with van der Waals surface area (Å²) in [5.74, 6) is -2.48. The van der Waals surface area contributed by atoms with Crippen molar-refractivity contribution in [3.8, 4) is 12.3 Å². The van der Waals surface area contributed by atoms with E-state index in [9.17, 15) is 28.8 Å². The second-order valence-electron chi connectivity index (χ2n) is 7.98. The van der Waals surface area contributed by atoms with Gasteiger partial charge in [0.2, 0.25) is 17.7 Å². The number of carboxylic acid groups (broad SMARTS) is 2. The molecular weight excluding hydrogens is 510 g/mol. The molecule has 15 nitrogen and oxygen atoms in total. The van der Waals surface area contributed by atoms with Crippen LogP contribution in [0.15, 0.2) is 0 Å². The zero-order valence-electron chi connectivity index (χ0n) is 20.8. The molecule has 0 aromatic rings. The summed E-state index contributed by atoms with van der Waals surface area (Å²) in [4.78, 5) is 68.7. The molecule has 0 aliphatic heterocycles. The number of nitrogens with two attached hydrogens (primary N) is 3. The third kappa shape index (κ3) is 21.7. The lowest BCUT2D eigenvalue weighted by Gasteiger charge is -2.23. The minimum absolute atomic E-state index is 0.00165. The lowest BCUT2D eigenvalue weighted by molar-refractivity contribution is -0.139. The summed E-state index contributed by atoms with van der Waals surface area (Å²) in [7, 11) is 1.82. The third-order valence-corrected chi connectivity index (χ3v) is 5.07. The van der Waals surface area contributed by atoms with E-state index in [1.807, 2.05) is 7.05 Å². The molecule has 0 heterocycles. The highest BCUT2D eigenvalue weighted by Gasteiger charge is 2.24. The van der Waals surface area contributed by atoms with Crippen LogP contribution in [0.5, 0.6) is 0 Å². The van der Waals surface area contributed by atoms with Crippen molar-refractivity contribution in [2.75, 3.05) is 31.6 Å². The minimum Gasteiger partial charge on any atom is -0.480 e. The van der Waals surface area contributed by atoms with Gasteiger partial charge in [0.15, 0.2) is 0 Å². The van der Waals surface area contributed by atoms with E-state index in [1.54, 1.807) is 0 Å². The smallest absolute Gasteiger partial charge is 0.322 e. The normalized spacial score (nSPS) is 12.9. The van der Waals surface area contributed by atoms with Gasteiger partial charge in [-0.05, 0) is 20.4 Å². The van der Waals surface area contributed by atoms with Crippen LogP contribution in [-0.2, 0) is 28.8 Å². The van der Waals surface area contributed by atoms with Gasteiger partial charge in [-0.3, -0.25) is 24.0 Å². The minimum atomic E-state index is -1.30. The van der Waals surface area contributed by atoms with Crippen LogP contribution >= 0.6 is 11.8 Å². The van der Waals surface area contributed by atoms with Crippen molar-refractivity contribution in [2.24, 2.45) is 17.2 Å².